The molecule has 3 N–H and O–H groups in total. The molecule has 4 fully saturated rings. The Balaban J connectivity index is 1.54. The lowest BCUT2D eigenvalue weighted by Crippen LogP contribution is -2.48. The number of aliphatic hydroxyl groups is 1. The van der Waals surface area contributed by atoms with Gasteiger partial charge in [0.05, 0.1) is 6.61 Å². The SMILES string of the molecule is C=C(C)[C@H]1CCC(CO)=C[C@@H]1c1c(O)cc(C23CC4CC(CC(C4)C2)C3)cc1O. The molecule has 3 nitrogen and oxygen atoms in total. The Morgan fingerprint density at radius 1 is 1.03 bits per heavy atom. The van der Waals surface area contributed by atoms with Crippen LogP contribution in [0.25, 0.3) is 0 Å². The minimum atomic E-state index is -0.131. The molecular formula is C26H34O3. The van der Waals surface area contributed by atoms with Gasteiger partial charge in [0.15, 0.2) is 0 Å². The molecule has 2 atom stereocenters. The van der Waals surface area contributed by atoms with Gasteiger partial charge in [0.1, 0.15) is 11.5 Å². The van der Waals surface area contributed by atoms with Gasteiger partial charge >= 0.3 is 0 Å². The van der Waals surface area contributed by atoms with Crippen molar-refractivity contribution in [2.24, 2.45) is 23.7 Å². The van der Waals surface area contributed by atoms with E-state index in [9.17, 15) is 15.3 Å². The number of aromatic hydroxyl groups is 2. The summed E-state index contributed by atoms with van der Waals surface area (Å²) in [7, 11) is 0. The Hall–Kier alpha value is -1.74. The number of hydrogen-bond acceptors (Lipinski definition) is 3. The highest BCUT2D eigenvalue weighted by atomic mass is 16.3. The van der Waals surface area contributed by atoms with Crippen molar-refractivity contribution in [3.8, 4) is 11.5 Å². The fourth-order valence-electron chi connectivity index (χ4n) is 7.68. The van der Waals surface area contributed by atoms with E-state index in [4.69, 9.17) is 0 Å². The van der Waals surface area contributed by atoms with Gasteiger partial charge in [-0.3, -0.25) is 0 Å². The minimum absolute atomic E-state index is 0.0340. The molecule has 0 amide bonds. The molecule has 3 heteroatoms. The first-order valence-electron chi connectivity index (χ1n) is 11.4. The zero-order chi connectivity index (χ0) is 20.3. The van der Waals surface area contributed by atoms with Crippen LogP contribution in [0.3, 0.4) is 0 Å². The molecule has 156 valence electrons. The molecule has 0 aromatic heterocycles. The van der Waals surface area contributed by atoms with Crippen LogP contribution in [-0.2, 0) is 5.41 Å². The number of hydrogen-bond donors (Lipinski definition) is 3. The molecular weight excluding hydrogens is 360 g/mol. The molecule has 4 saturated carbocycles. The van der Waals surface area contributed by atoms with Gasteiger partial charge < -0.3 is 15.3 Å². The molecule has 1 aromatic carbocycles. The predicted molar refractivity (Wildman–Crippen MR) is 115 cm³/mol. The van der Waals surface area contributed by atoms with Crippen molar-refractivity contribution >= 4 is 0 Å². The van der Waals surface area contributed by atoms with E-state index < -0.39 is 0 Å². The Kier molecular flexibility index (Phi) is 4.58. The van der Waals surface area contributed by atoms with E-state index in [1.165, 1.54) is 38.5 Å². The van der Waals surface area contributed by atoms with E-state index in [1.807, 2.05) is 25.1 Å². The van der Waals surface area contributed by atoms with E-state index in [2.05, 4.69) is 6.58 Å². The third kappa shape index (κ3) is 3.13. The van der Waals surface area contributed by atoms with E-state index in [0.717, 1.165) is 47.3 Å². The normalized spacial score (nSPS) is 38.1. The van der Waals surface area contributed by atoms with Crippen LogP contribution in [-0.4, -0.2) is 21.9 Å². The highest BCUT2D eigenvalue weighted by molar-refractivity contribution is 5.53. The summed E-state index contributed by atoms with van der Waals surface area (Å²) in [6, 6.07) is 3.91. The molecule has 0 saturated heterocycles. The van der Waals surface area contributed by atoms with Gasteiger partial charge in [0, 0.05) is 11.5 Å². The maximum absolute atomic E-state index is 11.1. The summed E-state index contributed by atoms with van der Waals surface area (Å²) in [5.41, 5.74) is 3.94. The molecule has 0 spiro atoms. The number of aliphatic hydroxyl groups excluding tert-OH is 1. The first kappa shape index (κ1) is 19.2. The van der Waals surface area contributed by atoms with Crippen LogP contribution in [0.4, 0.5) is 0 Å². The average Bonchev–Trinajstić information content (AvgIpc) is 2.66. The van der Waals surface area contributed by atoms with Crippen molar-refractivity contribution in [1.29, 1.82) is 0 Å². The summed E-state index contributed by atoms with van der Waals surface area (Å²) in [6.07, 6.45) is 11.6. The summed E-state index contributed by atoms with van der Waals surface area (Å²) in [4.78, 5) is 0. The Labute approximate surface area is 174 Å². The molecule has 0 heterocycles. The standard InChI is InChI=1S/C26H34O3/c1-15(2)21-4-3-16(14-27)8-22(21)25-23(28)9-20(10-24(25)29)26-11-17-5-18(12-26)7-19(6-17)13-26/h8-10,17-19,21-22,27-29H,1,3-7,11-14H2,2H3/t17?,18?,19?,21-,22+,26?/m1/s1. The van der Waals surface area contributed by atoms with Crippen molar-refractivity contribution in [2.75, 3.05) is 6.61 Å². The fraction of sp³-hybridized carbons (Fsp3) is 0.615. The van der Waals surface area contributed by atoms with Gasteiger partial charge in [-0.05, 0) is 111 Å². The smallest absolute Gasteiger partial charge is 0.123 e. The number of benzene rings is 1. The van der Waals surface area contributed by atoms with Gasteiger partial charge in [-0.1, -0.05) is 18.2 Å². The predicted octanol–water partition coefficient (Wildman–Crippen LogP) is 5.55. The summed E-state index contributed by atoms with van der Waals surface area (Å²) in [5.74, 6) is 2.94. The average molecular weight is 395 g/mol. The molecule has 0 aliphatic heterocycles. The van der Waals surface area contributed by atoms with E-state index in [1.54, 1.807) is 0 Å². The van der Waals surface area contributed by atoms with Gasteiger partial charge in [0.2, 0.25) is 0 Å². The Bertz CT molecular complexity index is 806. The van der Waals surface area contributed by atoms with Crippen LogP contribution in [0.5, 0.6) is 11.5 Å². The second-order valence-corrected chi connectivity index (χ2v) is 10.6. The van der Waals surface area contributed by atoms with E-state index in [-0.39, 0.29) is 35.4 Å². The molecule has 5 aliphatic carbocycles. The highest BCUT2D eigenvalue weighted by Gasteiger charge is 2.52. The van der Waals surface area contributed by atoms with E-state index in [0.29, 0.717) is 5.56 Å². The molecule has 0 radical (unpaired) electrons. The molecule has 0 unspecified atom stereocenters. The zero-order valence-electron chi connectivity index (χ0n) is 17.5. The van der Waals surface area contributed by atoms with Crippen molar-refractivity contribution in [3.05, 3.63) is 47.1 Å². The molecule has 6 rings (SSSR count). The third-order valence-corrected chi connectivity index (χ3v) is 8.58. The van der Waals surface area contributed by atoms with Gasteiger partial charge in [0.25, 0.3) is 0 Å². The van der Waals surface area contributed by atoms with E-state index >= 15 is 0 Å². The van der Waals surface area contributed by atoms with Crippen molar-refractivity contribution in [2.45, 2.75) is 69.6 Å². The second-order valence-electron chi connectivity index (χ2n) is 10.6. The maximum atomic E-state index is 11.1. The first-order chi connectivity index (χ1) is 13.9. The van der Waals surface area contributed by atoms with Crippen LogP contribution >= 0.6 is 0 Å². The largest absolute Gasteiger partial charge is 0.507 e. The summed E-state index contributed by atoms with van der Waals surface area (Å²) in [5, 5.41) is 31.9. The lowest BCUT2D eigenvalue weighted by molar-refractivity contribution is -0.00537. The number of phenolic OH excluding ortho intramolecular Hbond substituents is 2. The minimum Gasteiger partial charge on any atom is -0.507 e. The van der Waals surface area contributed by atoms with Crippen LogP contribution in [0.1, 0.15) is 75.3 Å². The van der Waals surface area contributed by atoms with Crippen molar-refractivity contribution in [1.82, 2.24) is 0 Å². The molecule has 5 aliphatic rings. The Morgan fingerprint density at radius 3 is 2.07 bits per heavy atom. The van der Waals surface area contributed by atoms with Crippen molar-refractivity contribution < 1.29 is 15.3 Å². The van der Waals surface area contributed by atoms with Gasteiger partial charge in [-0.25, -0.2) is 0 Å². The van der Waals surface area contributed by atoms with Crippen LogP contribution in [0, 0.1) is 23.7 Å². The molecule has 1 aromatic rings. The number of rotatable bonds is 4. The lowest BCUT2D eigenvalue weighted by atomic mass is 9.48. The second kappa shape index (κ2) is 6.91. The van der Waals surface area contributed by atoms with Crippen LogP contribution in [0.15, 0.2) is 35.9 Å². The monoisotopic (exact) mass is 394 g/mol. The quantitative estimate of drug-likeness (QED) is 0.587. The fourth-order valence-corrected chi connectivity index (χ4v) is 7.68. The van der Waals surface area contributed by atoms with Crippen LogP contribution < -0.4 is 0 Å². The van der Waals surface area contributed by atoms with Gasteiger partial charge in [-0.15, -0.1) is 0 Å². The molecule has 29 heavy (non-hydrogen) atoms. The summed E-state index contributed by atoms with van der Waals surface area (Å²) < 4.78 is 0. The third-order valence-electron chi connectivity index (χ3n) is 8.58. The lowest BCUT2D eigenvalue weighted by Gasteiger charge is -2.57. The Morgan fingerprint density at radius 2 is 1.59 bits per heavy atom. The number of allylic oxidation sites excluding steroid dienone is 2. The first-order valence-corrected chi connectivity index (χ1v) is 11.4. The van der Waals surface area contributed by atoms with Gasteiger partial charge in [-0.2, -0.15) is 0 Å². The topological polar surface area (TPSA) is 60.7 Å². The summed E-state index contributed by atoms with van der Waals surface area (Å²) >= 11 is 0. The van der Waals surface area contributed by atoms with Crippen molar-refractivity contribution in [3.63, 3.8) is 0 Å². The highest BCUT2D eigenvalue weighted by Crippen LogP contribution is 2.61. The van der Waals surface area contributed by atoms with Crippen LogP contribution in [0.2, 0.25) is 0 Å². The zero-order valence-corrected chi connectivity index (χ0v) is 17.5. The number of phenols is 2. The maximum Gasteiger partial charge on any atom is 0.123 e. The molecule has 4 bridgehead atoms. The summed E-state index contributed by atoms with van der Waals surface area (Å²) in [6.45, 7) is 6.21.